The van der Waals surface area contributed by atoms with Crippen LogP contribution in [0.4, 0.5) is 0 Å². The summed E-state index contributed by atoms with van der Waals surface area (Å²) in [6, 6.07) is 3.71. The second-order valence-corrected chi connectivity index (χ2v) is 5.68. The molecule has 0 aliphatic heterocycles. The molecular formula is C14H17NO2. The second-order valence-electron chi connectivity index (χ2n) is 5.68. The molecule has 0 atom stereocenters. The van der Waals surface area contributed by atoms with Crippen LogP contribution in [0.5, 0.6) is 0 Å². The highest BCUT2D eigenvalue weighted by Crippen LogP contribution is 2.62. The summed E-state index contributed by atoms with van der Waals surface area (Å²) in [5, 5.41) is 9.56. The van der Waals surface area contributed by atoms with E-state index in [2.05, 4.69) is 4.98 Å². The van der Waals surface area contributed by atoms with Crippen LogP contribution in [0, 0.1) is 5.41 Å². The maximum absolute atomic E-state index is 11.6. The van der Waals surface area contributed by atoms with E-state index >= 15 is 0 Å². The fourth-order valence-corrected chi connectivity index (χ4v) is 3.86. The predicted molar refractivity (Wildman–Crippen MR) is 63.7 cm³/mol. The van der Waals surface area contributed by atoms with Crippen molar-refractivity contribution in [3.05, 3.63) is 30.1 Å². The van der Waals surface area contributed by atoms with Crippen molar-refractivity contribution < 1.29 is 9.90 Å². The summed E-state index contributed by atoms with van der Waals surface area (Å²) >= 11 is 0. The summed E-state index contributed by atoms with van der Waals surface area (Å²) in [6.45, 7) is 0. The Kier molecular flexibility index (Phi) is 2.25. The Bertz CT molecular complexity index is 427. The number of aliphatic carboxylic acids is 1. The minimum atomic E-state index is -0.666. The quantitative estimate of drug-likeness (QED) is 0.851. The fourth-order valence-electron chi connectivity index (χ4n) is 3.86. The third kappa shape index (κ3) is 1.48. The van der Waals surface area contributed by atoms with Gasteiger partial charge >= 0.3 is 5.97 Å². The van der Waals surface area contributed by atoms with Crippen LogP contribution in [0.25, 0.3) is 0 Å². The van der Waals surface area contributed by atoms with Crippen molar-refractivity contribution in [3.8, 4) is 0 Å². The zero-order valence-electron chi connectivity index (χ0n) is 9.85. The molecule has 17 heavy (non-hydrogen) atoms. The topological polar surface area (TPSA) is 50.2 Å². The molecular weight excluding hydrogens is 214 g/mol. The highest BCUT2D eigenvalue weighted by Gasteiger charge is 2.60. The average Bonchev–Trinajstić information content (AvgIpc) is 2.76. The van der Waals surface area contributed by atoms with E-state index in [0.29, 0.717) is 5.41 Å². The molecule has 3 nitrogen and oxygen atoms in total. The molecule has 1 N–H and O–H groups in total. The first-order valence-electron chi connectivity index (χ1n) is 6.31. The molecule has 2 fully saturated rings. The molecule has 2 saturated carbocycles. The van der Waals surface area contributed by atoms with Gasteiger partial charge in [0.1, 0.15) is 0 Å². The first-order valence-corrected chi connectivity index (χ1v) is 6.31. The highest BCUT2D eigenvalue weighted by molar-refractivity contribution is 5.83. The highest BCUT2D eigenvalue weighted by atomic mass is 16.4. The monoisotopic (exact) mass is 231 g/mol. The van der Waals surface area contributed by atoms with Crippen LogP contribution in [-0.4, -0.2) is 16.1 Å². The van der Waals surface area contributed by atoms with Crippen LogP contribution >= 0.6 is 0 Å². The van der Waals surface area contributed by atoms with Gasteiger partial charge in [-0.2, -0.15) is 0 Å². The third-order valence-electron chi connectivity index (χ3n) is 4.66. The van der Waals surface area contributed by atoms with E-state index in [4.69, 9.17) is 0 Å². The van der Waals surface area contributed by atoms with Crippen LogP contribution in [0.1, 0.15) is 44.1 Å². The van der Waals surface area contributed by atoms with Crippen LogP contribution in [0.2, 0.25) is 0 Å². The van der Waals surface area contributed by atoms with Gasteiger partial charge in [-0.1, -0.05) is 12.8 Å². The van der Waals surface area contributed by atoms with Gasteiger partial charge in [-0.3, -0.25) is 9.78 Å². The molecule has 0 amide bonds. The van der Waals surface area contributed by atoms with Crippen molar-refractivity contribution in [3.63, 3.8) is 0 Å². The van der Waals surface area contributed by atoms with Crippen LogP contribution < -0.4 is 0 Å². The molecule has 3 heteroatoms. The van der Waals surface area contributed by atoms with E-state index in [1.54, 1.807) is 12.4 Å². The predicted octanol–water partition coefficient (Wildman–Crippen LogP) is 2.76. The first-order chi connectivity index (χ1) is 8.17. The fraction of sp³-hybridized carbons (Fsp3) is 0.571. The largest absolute Gasteiger partial charge is 0.481 e. The molecule has 2 aliphatic carbocycles. The Labute approximate surface area is 101 Å². The van der Waals surface area contributed by atoms with E-state index in [1.165, 1.54) is 25.7 Å². The Morgan fingerprint density at radius 3 is 2.29 bits per heavy atom. The maximum Gasteiger partial charge on any atom is 0.314 e. The van der Waals surface area contributed by atoms with E-state index in [9.17, 15) is 9.90 Å². The summed E-state index contributed by atoms with van der Waals surface area (Å²) in [5.74, 6) is -0.666. The van der Waals surface area contributed by atoms with Crippen molar-refractivity contribution in [1.29, 1.82) is 0 Å². The molecule has 0 bridgehead atoms. The van der Waals surface area contributed by atoms with Crippen molar-refractivity contribution >= 4 is 5.97 Å². The molecule has 0 unspecified atom stereocenters. The van der Waals surface area contributed by atoms with Crippen molar-refractivity contribution in [2.75, 3.05) is 0 Å². The molecule has 0 radical (unpaired) electrons. The van der Waals surface area contributed by atoms with Gasteiger partial charge in [0.2, 0.25) is 0 Å². The van der Waals surface area contributed by atoms with Gasteiger partial charge in [0.25, 0.3) is 0 Å². The molecule has 0 saturated heterocycles. The van der Waals surface area contributed by atoms with Gasteiger partial charge in [-0.05, 0) is 48.8 Å². The molecule has 1 spiro atoms. The molecule has 1 heterocycles. The van der Waals surface area contributed by atoms with Crippen molar-refractivity contribution in [1.82, 2.24) is 4.98 Å². The Hall–Kier alpha value is -1.38. The van der Waals surface area contributed by atoms with Gasteiger partial charge in [-0.25, -0.2) is 0 Å². The van der Waals surface area contributed by atoms with Crippen molar-refractivity contribution in [2.45, 2.75) is 43.9 Å². The van der Waals surface area contributed by atoms with Crippen LogP contribution in [0.3, 0.4) is 0 Å². The normalized spacial score (nSPS) is 24.5. The molecule has 1 aromatic rings. The summed E-state index contributed by atoms with van der Waals surface area (Å²) in [7, 11) is 0. The molecule has 0 aromatic carbocycles. The lowest BCUT2D eigenvalue weighted by Crippen LogP contribution is -2.53. The number of carboxylic acid groups (broad SMARTS) is 1. The Morgan fingerprint density at radius 2 is 1.76 bits per heavy atom. The lowest BCUT2D eigenvalue weighted by atomic mass is 9.50. The molecule has 90 valence electrons. The van der Waals surface area contributed by atoms with Gasteiger partial charge in [0.05, 0.1) is 5.41 Å². The van der Waals surface area contributed by atoms with Crippen LogP contribution in [0.15, 0.2) is 24.5 Å². The number of hydrogen-bond acceptors (Lipinski definition) is 2. The number of pyridine rings is 1. The van der Waals surface area contributed by atoms with E-state index in [-0.39, 0.29) is 0 Å². The van der Waals surface area contributed by atoms with Gasteiger partial charge in [-0.15, -0.1) is 0 Å². The first kappa shape index (κ1) is 10.8. The molecule has 1 aromatic heterocycles. The SMILES string of the molecule is O=C(O)C1(c2ccncc2)CC2(CCCC2)C1. The third-order valence-corrected chi connectivity index (χ3v) is 4.66. The standard InChI is InChI=1S/C14H17NO2/c16-12(17)14(11-3-7-15-8-4-11)9-13(10-14)5-1-2-6-13/h3-4,7-8H,1-2,5-6,9-10H2,(H,16,17). The molecule has 3 rings (SSSR count). The van der Waals surface area contributed by atoms with Gasteiger partial charge in [0, 0.05) is 12.4 Å². The second kappa shape index (κ2) is 3.56. The summed E-state index contributed by atoms with van der Waals surface area (Å²) in [5.41, 5.74) is 0.632. The summed E-state index contributed by atoms with van der Waals surface area (Å²) in [4.78, 5) is 15.6. The van der Waals surface area contributed by atoms with Crippen LogP contribution in [-0.2, 0) is 10.2 Å². The zero-order chi connectivity index (χ0) is 11.9. The lowest BCUT2D eigenvalue weighted by Gasteiger charge is -2.52. The Morgan fingerprint density at radius 1 is 1.18 bits per heavy atom. The summed E-state index contributed by atoms with van der Waals surface area (Å²) in [6.07, 6.45) is 10.00. The smallest absolute Gasteiger partial charge is 0.314 e. The van der Waals surface area contributed by atoms with Gasteiger partial charge < -0.3 is 5.11 Å². The average molecular weight is 231 g/mol. The van der Waals surface area contributed by atoms with Crippen molar-refractivity contribution in [2.24, 2.45) is 5.41 Å². The number of rotatable bonds is 2. The van der Waals surface area contributed by atoms with E-state index in [1.807, 2.05) is 12.1 Å². The lowest BCUT2D eigenvalue weighted by molar-refractivity contribution is -0.154. The van der Waals surface area contributed by atoms with E-state index < -0.39 is 11.4 Å². The maximum atomic E-state index is 11.6. The number of carboxylic acids is 1. The minimum Gasteiger partial charge on any atom is -0.481 e. The van der Waals surface area contributed by atoms with E-state index in [0.717, 1.165) is 18.4 Å². The minimum absolute atomic E-state index is 0.335. The number of hydrogen-bond donors (Lipinski definition) is 1. The van der Waals surface area contributed by atoms with Gasteiger partial charge in [0.15, 0.2) is 0 Å². The summed E-state index contributed by atoms with van der Waals surface area (Å²) < 4.78 is 0. The molecule has 2 aliphatic rings. The zero-order valence-corrected chi connectivity index (χ0v) is 9.85. The Balaban J connectivity index is 1.91. The number of nitrogens with zero attached hydrogens (tertiary/aromatic N) is 1. The number of aromatic nitrogens is 1. The number of carbonyl (C=O) groups is 1.